The van der Waals surface area contributed by atoms with Gasteiger partial charge in [-0.15, -0.1) is 0 Å². The van der Waals surface area contributed by atoms with Gasteiger partial charge < -0.3 is 20.6 Å². The smallest absolute Gasteiger partial charge is 0.416 e. The Morgan fingerprint density at radius 3 is 2.16 bits per heavy atom. The molecule has 1 saturated heterocycles. The summed E-state index contributed by atoms with van der Waals surface area (Å²) in [6.07, 6.45) is 0.216. The molecule has 1 saturated carbocycles. The molecular weight excluding hydrogens is 487 g/mol. The number of hydrogen-bond acceptors (Lipinski definition) is 4. The third-order valence-corrected chi connectivity index (χ3v) is 7.23. The van der Waals surface area contributed by atoms with Gasteiger partial charge in [0.1, 0.15) is 6.04 Å². The monoisotopic (exact) mass is 517 g/mol. The van der Waals surface area contributed by atoms with Crippen molar-refractivity contribution in [1.29, 1.82) is 0 Å². The summed E-state index contributed by atoms with van der Waals surface area (Å²) in [6.45, 7) is 0.353. The molecule has 1 atom stereocenters. The predicted octanol–water partition coefficient (Wildman–Crippen LogP) is 4.65. The molecule has 7 nitrogen and oxygen atoms in total. The number of benzene rings is 2. The van der Waals surface area contributed by atoms with Crippen LogP contribution in [0.4, 0.5) is 18.9 Å². The van der Waals surface area contributed by atoms with Crippen molar-refractivity contribution < 1.29 is 32.7 Å². The van der Waals surface area contributed by atoms with Crippen molar-refractivity contribution in [3.05, 3.63) is 65.2 Å². The fourth-order valence-electron chi connectivity index (χ4n) is 5.16. The summed E-state index contributed by atoms with van der Waals surface area (Å²) in [5, 5.41) is 15.0. The molecule has 2 aromatic carbocycles. The van der Waals surface area contributed by atoms with Crippen molar-refractivity contribution in [3.63, 3.8) is 0 Å². The van der Waals surface area contributed by atoms with E-state index >= 15 is 0 Å². The van der Waals surface area contributed by atoms with E-state index in [9.17, 15) is 27.6 Å². The fourth-order valence-corrected chi connectivity index (χ4v) is 5.16. The molecule has 4 rings (SSSR count). The van der Waals surface area contributed by atoms with Gasteiger partial charge in [0.25, 0.3) is 0 Å². The molecule has 2 amide bonds. The third-order valence-electron chi connectivity index (χ3n) is 7.23. The quantitative estimate of drug-likeness (QED) is 0.497. The lowest BCUT2D eigenvalue weighted by Crippen LogP contribution is -2.50. The van der Waals surface area contributed by atoms with Crippen LogP contribution in [-0.2, 0) is 15.8 Å². The lowest BCUT2D eigenvalue weighted by atomic mass is 9.81. The molecule has 0 radical (unpaired) electrons. The highest BCUT2D eigenvalue weighted by molar-refractivity contribution is 5.90. The van der Waals surface area contributed by atoms with Crippen molar-refractivity contribution in [1.82, 2.24) is 10.2 Å². The summed E-state index contributed by atoms with van der Waals surface area (Å²) in [6, 6.07) is 10.9. The number of alkyl halides is 3. The van der Waals surface area contributed by atoms with Crippen LogP contribution in [0.2, 0.25) is 0 Å². The maximum atomic E-state index is 13.0. The van der Waals surface area contributed by atoms with Crippen LogP contribution in [-0.4, -0.2) is 53.0 Å². The Bertz CT molecular complexity index is 1110. The van der Waals surface area contributed by atoms with E-state index in [4.69, 9.17) is 5.11 Å². The summed E-state index contributed by atoms with van der Waals surface area (Å²) >= 11 is 0. The van der Waals surface area contributed by atoms with Crippen LogP contribution < -0.4 is 10.6 Å². The zero-order valence-electron chi connectivity index (χ0n) is 20.3. The molecule has 0 unspecified atom stereocenters. The second-order valence-corrected chi connectivity index (χ2v) is 9.66. The van der Waals surface area contributed by atoms with Gasteiger partial charge in [0.15, 0.2) is 0 Å². The van der Waals surface area contributed by atoms with Crippen LogP contribution in [0.25, 0.3) is 0 Å². The molecule has 10 heteroatoms. The lowest BCUT2D eigenvalue weighted by molar-refractivity contribution is -0.137. The number of anilines is 1. The Morgan fingerprint density at radius 2 is 1.57 bits per heavy atom. The van der Waals surface area contributed by atoms with E-state index in [1.54, 1.807) is 17.0 Å². The summed E-state index contributed by atoms with van der Waals surface area (Å²) in [5.74, 6) is -1.08. The molecule has 1 aliphatic heterocycles. The van der Waals surface area contributed by atoms with Crippen LogP contribution in [0.3, 0.4) is 0 Å². The van der Waals surface area contributed by atoms with Gasteiger partial charge in [-0.2, -0.15) is 13.2 Å². The SMILES string of the molecule is O=C(O)c1ccc(C2CCC(NC(=O)[C@H]3CCCN3C(=O)CNc3ccc(C(F)(F)F)cc3)CC2)cc1. The van der Waals surface area contributed by atoms with Gasteiger partial charge in [-0.05, 0) is 86.4 Å². The molecule has 0 bridgehead atoms. The van der Waals surface area contributed by atoms with Crippen LogP contribution in [0, 0.1) is 0 Å². The number of nitrogens with zero attached hydrogens (tertiary/aromatic N) is 1. The number of halogens is 3. The minimum atomic E-state index is -4.42. The molecule has 0 aromatic heterocycles. The summed E-state index contributed by atoms with van der Waals surface area (Å²) < 4.78 is 38.2. The van der Waals surface area contributed by atoms with E-state index in [2.05, 4.69) is 10.6 Å². The molecule has 3 N–H and O–H groups in total. The predicted molar refractivity (Wildman–Crippen MR) is 131 cm³/mol. The second kappa shape index (κ2) is 11.2. The van der Waals surface area contributed by atoms with Crippen molar-refractivity contribution in [2.45, 2.75) is 62.7 Å². The first-order valence-electron chi connectivity index (χ1n) is 12.5. The van der Waals surface area contributed by atoms with Crippen LogP contribution in [0.5, 0.6) is 0 Å². The van der Waals surface area contributed by atoms with Crippen molar-refractivity contribution in [2.75, 3.05) is 18.4 Å². The first-order chi connectivity index (χ1) is 17.6. The van der Waals surface area contributed by atoms with Crippen molar-refractivity contribution >= 4 is 23.5 Å². The first-order valence-corrected chi connectivity index (χ1v) is 12.5. The maximum absolute atomic E-state index is 13.0. The Hall–Kier alpha value is -3.56. The summed E-state index contributed by atoms with van der Waals surface area (Å²) in [7, 11) is 0. The largest absolute Gasteiger partial charge is 0.478 e. The van der Waals surface area contributed by atoms with Crippen LogP contribution in [0.15, 0.2) is 48.5 Å². The molecule has 1 heterocycles. The molecular formula is C27H30F3N3O4. The van der Waals surface area contributed by atoms with Crippen LogP contribution >= 0.6 is 0 Å². The minimum Gasteiger partial charge on any atom is -0.478 e. The average molecular weight is 518 g/mol. The van der Waals surface area contributed by atoms with Crippen molar-refractivity contribution in [2.24, 2.45) is 0 Å². The standard InChI is InChI=1S/C27H30F3N3O4/c28-27(29,30)20-9-13-21(14-10-20)31-16-24(34)33-15-1-2-23(33)25(35)32-22-11-7-18(8-12-22)17-3-5-19(6-4-17)26(36)37/h3-6,9-10,13-14,18,22-23,31H,1-2,7-8,11-12,15-16H2,(H,32,35)(H,36,37)/t18?,22?,23-/m1/s1. The van der Waals surface area contributed by atoms with Gasteiger partial charge >= 0.3 is 12.1 Å². The third kappa shape index (κ3) is 6.61. The van der Waals surface area contributed by atoms with Gasteiger partial charge in [0.05, 0.1) is 17.7 Å². The van der Waals surface area contributed by atoms with Gasteiger partial charge in [0, 0.05) is 18.3 Å². The maximum Gasteiger partial charge on any atom is 0.416 e. The first kappa shape index (κ1) is 26.5. The number of carboxylic acids is 1. The molecule has 1 aliphatic carbocycles. The zero-order valence-corrected chi connectivity index (χ0v) is 20.3. The number of carbonyl (C=O) groups excluding carboxylic acids is 2. The average Bonchev–Trinajstić information content (AvgIpc) is 3.38. The molecule has 2 fully saturated rings. The highest BCUT2D eigenvalue weighted by Gasteiger charge is 2.35. The van der Waals surface area contributed by atoms with E-state index in [0.717, 1.165) is 43.4 Å². The number of carbonyl (C=O) groups is 3. The highest BCUT2D eigenvalue weighted by Crippen LogP contribution is 2.33. The lowest BCUT2D eigenvalue weighted by Gasteiger charge is -2.31. The van der Waals surface area contributed by atoms with Gasteiger partial charge in [-0.1, -0.05) is 12.1 Å². The summed E-state index contributed by atoms with van der Waals surface area (Å²) in [4.78, 5) is 38.4. The van der Waals surface area contributed by atoms with Crippen molar-refractivity contribution in [3.8, 4) is 0 Å². The van der Waals surface area contributed by atoms with E-state index in [-0.39, 0.29) is 30.0 Å². The Kier molecular flexibility index (Phi) is 8.04. The normalized spacial score (nSPS) is 21.9. The fraction of sp³-hybridized carbons (Fsp3) is 0.444. The second-order valence-electron chi connectivity index (χ2n) is 9.66. The number of rotatable bonds is 7. The summed E-state index contributed by atoms with van der Waals surface area (Å²) in [5.41, 5.74) is 1.000. The number of aromatic carboxylic acids is 1. The number of hydrogen-bond donors (Lipinski definition) is 3. The van der Waals surface area contributed by atoms with Gasteiger partial charge in [-0.25, -0.2) is 4.79 Å². The number of amides is 2. The highest BCUT2D eigenvalue weighted by atomic mass is 19.4. The van der Waals surface area contributed by atoms with E-state index in [0.29, 0.717) is 31.0 Å². The molecule has 2 aliphatic rings. The number of carboxylic acid groups (broad SMARTS) is 1. The Balaban J connectivity index is 1.25. The Morgan fingerprint density at radius 1 is 0.919 bits per heavy atom. The minimum absolute atomic E-state index is 0.0184. The zero-order chi connectivity index (χ0) is 26.6. The molecule has 2 aromatic rings. The molecule has 37 heavy (non-hydrogen) atoms. The number of nitrogens with one attached hydrogen (secondary N) is 2. The van der Waals surface area contributed by atoms with Gasteiger partial charge in [0.2, 0.25) is 11.8 Å². The van der Waals surface area contributed by atoms with E-state index < -0.39 is 23.8 Å². The number of likely N-dealkylation sites (tertiary alicyclic amines) is 1. The van der Waals surface area contributed by atoms with Gasteiger partial charge in [-0.3, -0.25) is 9.59 Å². The molecule has 198 valence electrons. The van der Waals surface area contributed by atoms with E-state index in [1.165, 1.54) is 12.1 Å². The topological polar surface area (TPSA) is 98.7 Å². The van der Waals surface area contributed by atoms with E-state index in [1.807, 2.05) is 12.1 Å². The van der Waals surface area contributed by atoms with Crippen LogP contribution in [0.1, 0.15) is 65.9 Å². The Labute approximate surface area is 213 Å². The molecule has 0 spiro atoms.